The minimum absolute atomic E-state index is 0.0366. The lowest BCUT2D eigenvalue weighted by Gasteiger charge is -2.08. The van der Waals surface area contributed by atoms with E-state index in [4.69, 9.17) is 0 Å². The Morgan fingerprint density at radius 3 is 2.56 bits per heavy atom. The maximum atomic E-state index is 12.3. The highest BCUT2D eigenvalue weighted by molar-refractivity contribution is 5.95. The summed E-state index contributed by atoms with van der Waals surface area (Å²) in [7, 11) is 0. The normalized spacial score (nSPS) is 10.7. The molecular formula is C20H22N4O. The van der Waals surface area contributed by atoms with E-state index in [2.05, 4.69) is 15.4 Å². The number of pyridine rings is 1. The molecule has 1 N–H and O–H groups in total. The molecule has 25 heavy (non-hydrogen) atoms. The number of amides is 1. The minimum atomic E-state index is -0.0366. The fraction of sp³-hybridized carbons (Fsp3) is 0.250. The van der Waals surface area contributed by atoms with Gasteiger partial charge in [0.2, 0.25) is 0 Å². The summed E-state index contributed by atoms with van der Waals surface area (Å²) in [5.41, 5.74) is 4.88. The number of aromatic nitrogens is 3. The zero-order valence-electron chi connectivity index (χ0n) is 14.8. The number of carbonyl (C=O) groups is 1. The number of carbonyl (C=O) groups excluding carboxylic acids is 1. The summed E-state index contributed by atoms with van der Waals surface area (Å²) in [6, 6.07) is 13.4. The number of aryl methyl sites for hydroxylation is 2. The first-order valence-corrected chi connectivity index (χ1v) is 8.38. The van der Waals surface area contributed by atoms with Crippen LogP contribution in [0.4, 0.5) is 0 Å². The molecule has 5 nitrogen and oxygen atoms in total. The minimum Gasteiger partial charge on any atom is -0.352 e. The van der Waals surface area contributed by atoms with Crippen molar-refractivity contribution >= 4 is 5.91 Å². The summed E-state index contributed by atoms with van der Waals surface area (Å²) in [5, 5.41) is 7.59. The van der Waals surface area contributed by atoms with Crippen LogP contribution in [0.3, 0.4) is 0 Å². The number of nitrogens with zero attached hydrogens (tertiary/aromatic N) is 3. The topological polar surface area (TPSA) is 59.8 Å². The van der Waals surface area contributed by atoms with E-state index in [1.807, 2.05) is 67.9 Å². The molecular weight excluding hydrogens is 312 g/mol. The van der Waals surface area contributed by atoms with Crippen LogP contribution in [0.2, 0.25) is 0 Å². The lowest BCUT2D eigenvalue weighted by atomic mass is 10.1. The van der Waals surface area contributed by atoms with Gasteiger partial charge in [0.1, 0.15) is 0 Å². The van der Waals surface area contributed by atoms with Gasteiger partial charge in [-0.15, -0.1) is 0 Å². The molecule has 0 atom stereocenters. The van der Waals surface area contributed by atoms with Crippen molar-refractivity contribution in [1.82, 2.24) is 20.1 Å². The van der Waals surface area contributed by atoms with Gasteiger partial charge in [-0.3, -0.25) is 4.79 Å². The van der Waals surface area contributed by atoms with E-state index < -0.39 is 0 Å². The third-order valence-electron chi connectivity index (χ3n) is 4.36. The van der Waals surface area contributed by atoms with Crippen molar-refractivity contribution in [2.75, 3.05) is 6.54 Å². The molecule has 0 fully saturated rings. The van der Waals surface area contributed by atoms with Crippen LogP contribution in [0.1, 0.15) is 32.9 Å². The highest BCUT2D eigenvalue weighted by Crippen LogP contribution is 2.17. The summed E-state index contributed by atoms with van der Waals surface area (Å²) in [6.45, 7) is 6.54. The van der Waals surface area contributed by atoms with Gasteiger partial charge in [0, 0.05) is 24.0 Å². The van der Waals surface area contributed by atoms with Crippen molar-refractivity contribution in [3.63, 3.8) is 0 Å². The van der Waals surface area contributed by atoms with E-state index in [9.17, 15) is 4.79 Å². The predicted molar refractivity (Wildman–Crippen MR) is 98.0 cm³/mol. The van der Waals surface area contributed by atoms with Crippen molar-refractivity contribution in [3.8, 4) is 5.82 Å². The second-order valence-corrected chi connectivity index (χ2v) is 6.07. The standard InChI is InChI=1S/C20H22N4O/c1-14-8-4-5-9-17(14)20(25)22-13-11-18-15(2)23-24(16(18)3)19-10-6-7-12-21-19/h4-10,12H,11,13H2,1-3H3,(H,22,25). The Morgan fingerprint density at radius 2 is 1.84 bits per heavy atom. The summed E-state index contributed by atoms with van der Waals surface area (Å²) in [4.78, 5) is 16.7. The molecule has 0 unspecified atom stereocenters. The number of nitrogens with one attached hydrogen (secondary N) is 1. The van der Waals surface area contributed by atoms with Gasteiger partial charge in [-0.25, -0.2) is 9.67 Å². The number of hydrogen-bond acceptors (Lipinski definition) is 3. The number of hydrogen-bond donors (Lipinski definition) is 1. The van der Waals surface area contributed by atoms with Crippen LogP contribution in [0, 0.1) is 20.8 Å². The molecule has 0 bridgehead atoms. The Bertz CT molecular complexity index is 884. The zero-order chi connectivity index (χ0) is 17.8. The van der Waals surface area contributed by atoms with Crippen molar-refractivity contribution < 1.29 is 4.79 Å². The maximum Gasteiger partial charge on any atom is 0.251 e. The summed E-state index contributed by atoms with van der Waals surface area (Å²) in [6.07, 6.45) is 2.50. The van der Waals surface area contributed by atoms with Crippen LogP contribution in [-0.2, 0) is 6.42 Å². The van der Waals surface area contributed by atoms with Crippen LogP contribution >= 0.6 is 0 Å². The fourth-order valence-corrected chi connectivity index (χ4v) is 2.96. The van der Waals surface area contributed by atoms with Gasteiger partial charge in [0.25, 0.3) is 5.91 Å². The molecule has 0 aliphatic rings. The summed E-state index contributed by atoms with van der Waals surface area (Å²) in [5.74, 6) is 0.767. The Hall–Kier alpha value is -2.95. The molecule has 0 spiro atoms. The van der Waals surface area contributed by atoms with E-state index in [1.165, 1.54) is 0 Å². The lowest BCUT2D eigenvalue weighted by molar-refractivity contribution is 0.0953. The Kier molecular flexibility index (Phi) is 4.93. The van der Waals surface area contributed by atoms with Gasteiger partial charge in [-0.2, -0.15) is 5.10 Å². The second kappa shape index (κ2) is 7.30. The molecule has 0 aliphatic carbocycles. The van der Waals surface area contributed by atoms with Gasteiger partial charge in [0.05, 0.1) is 5.69 Å². The van der Waals surface area contributed by atoms with E-state index in [0.29, 0.717) is 6.54 Å². The third kappa shape index (κ3) is 3.60. The summed E-state index contributed by atoms with van der Waals surface area (Å²) < 4.78 is 1.85. The smallest absolute Gasteiger partial charge is 0.251 e. The molecule has 128 valence electrons. The van der Waals surface area contributed by atoms with Gasteiger partial charge >= 0.3 is 0 Å². The molecule has 0 saturated heterocycles. The van der Waals surface area contributed by atoms with Gasteiger partial charge in [-0.05, 0) is 56.5 Å². The zero-order valence-corrected chi connectivity index (χ0v) is 14.8. The van der Waals surface area contributed by atoms with Crippen LogP contribution in [-0.4, -0.2) is 27.2 Å². The van der Waals surface area contributed by atoms with E-state index in [-0.39, 0.29) is 5.91 Å². The molecule has 0 saturated carbocycles. The van der Waals surface area contributed by atoms with Crippen molar-refractivity contribution in [1.29, 1.82) is 0 Å². The summed E-state index contributed by atoms with van der Waals surface area (Å²) >= 11 is 0. The van der Waals surface area contributed by atoms with E-state index in [1.54, 1.807) is 6.20 Å². The lowest BCUT2D eigenvalue weighted by Crippen LogP contribution is -2.26. The van der Waals surface area contributed by atoms with Crippen molar-refractivity contribution in [3.05, 3.63) is 76.7 Å². The second-order valence-electron chi connectivity index (χ2n) is 6.07. The fourth-order valence-electron chi connectivity index (χ4n) is 2.96. The average Bonchev–Trinajstić information content (AvgIpc) is 2.91. The molecule has 2 heterocycles. The average molecular weight is 334 g/mol. The predicted octanol–water partition coefficient (Wildman–Crippen LogP) is 3.17. The Labute approximate surface area is 147 Å². The van der Waals surface area contributed by atoms with Crippen LogP contribution in [0.5, 0.6) is 0 Å². The van der Waals surface area contributed by atoms with Gasteiger partial charge < -0.3 is 5.32 Å². The molecule has 5 heteroatoms. The number of benzene rings is 1. The molecule has 1 aromatic carbocycles. The monoisotopic (exact) mass is 334 g/mol. The molecule has 2 aromatic heterocycles. The first-order valence-electron chi connectivity index (χ1n) is 8.38. The Balaban J connectivity index is 1.69. The quantitative estimate of drug-likeness (QED) is 0.780. The first-order chi connectivity index (χ1) is 12.1. The van der Waals surface area contributed by atoms with Gasteiger partial charge in [-0.1, -0.05) is 24.3 Å². The SMILES string of the molecule is Cc1ccccc1C(=O)NCCc1c(C)nn(-c2ccccn2)c1C. The van der Waals surface area contributed by atoms with Gasteiger partial charge in [0.15, 0.2) is 5.82 Å². The molecule has 1 amide bonds. The number of rotatable bonds is 5. The highest BCUT2D eigenvalue weighted by Gasteiger charge is 2.14. The molecule has 3 rings (SSSR count). The van der Waals surface area contributed by atoms with Crippen LogP contribution in [0.15, 0.2) is 48.7 Å². The first kappa shape index (κ1) is 16.9. The van der Waals surface area contributed by atoms with E-state index >= 15 is 0 Å². The maximum absolute atomic E-state index is 12.3. The molecule has 3 aromatic rings. The third-order valence-corrected chi connectivity index (χ3v) is 4.36. The Morgan fingerprint density at radius 1 is 1.08 bits per heavy atom. The van der Waals surface area contributed by atoms with Crippen LogP contribution < -0.4 is 5.32 Å². The highest BCUT2D eigenvalue weighted by atomic mass is 16.1. The molecule has 0 aliphatic heterocycles. The van der Waals surface area contributed by atoms with Crippen molar-refractivity contribution in [2.45, 2.75) is 27.2 Å². The van der Waals surface area contributed by atoms with E-state index in [0.717, 1.165) is 40.3 Å². The molecule has 0 radical (unpaired) electrons. The van der Waals surface area contributed by atoms with Crippen LogP contribution in [0.25, 0.3) is 5.82 Å². The largest absolute Gasteiger partial charge is 0.352 e. The van der Waals surface area contributed by atoms with Crippen molar-refractivity contribution in [2.24, 2.45) is 0 Å².